The lowest BCUT2D eigenvalue weighted by Gasteiger charge is -2.08. The molecule has 3 aromatic carbocycles. The molecule has 0 unspecified atom stereocenters. The number of benzene rings is 3. The number of ether oxygens (including phenoxy) is 3. The molecule has 0 spiro atoms. The number of azo groups is 1. The minimum absolute atomic E-state index is 0.413. The third-order valence-corrected chi connectivity index (χ3v) is 7.54. The molecule has 0 aromatic heterocycles. The highest BCUT2D eigenvalue weighted by molar-refractivity contribution is 5.91. The molecule has 3 rings (SSSR count). The van der Waals surface area contributed by atoms with Gasteiger partial charge in [0.2, 0.25) is 0 Å². The van der Waals surface area contributed by atoms with E-state index in [9.17, 15) is 4.79 Å². The first-order valence-corrected chi connectivity index (χ1v) is 16.9. The lowest BCUT2D eigenvalue weighted by atomic mass is 10.1. The number of unbranched alkanes of at least 4 members (excludes halogenated alkanes) is 13. The quantitative estimate of drug-likeness (QED) is 0.0470. The van der Waals surface area contributed by atoms with Crippen LogP contribution in [0, 0.1) is 0 Å². The average Bonchev–Trinajstić information content (AvgIpc) is 3.06. The van der Waals surface area contributed by atoms with Gasteiger partial charge < -0.3 is 14.2 Å². The van der Waals surface area contributed by atoms with Crippen molar-refractivity contribution in [1.82, 2.24) is 0 Å². The maximum Gasteiger partial charge on any atom is 0.343 e. The molecule has 3 aromatic rings. The largest absolute Gasteiger partial charge is 0.494 e. The van der Waals surface area contributed by atoms with Gasteiger partial charge in [0.25, 0.3) is 0 Å². The number of hydrogen-bond donors (Lipinski definition) is 0. The smallest absolute Gasteiger partial charge is 0.343 e. The van der Waals surface area contributed by atoms with Gasteiger partial charge in [0, 0.05) is 0 Å². The van der Waals surface area contributed by atoms with Crippen LogP contribution < -0.4 is 14.2 Å². The van der Waals surface area contributed by atoms with Gasteiger partial charge in [0.1, 0.15) is 17.2 Å². The van der Waals surface area contributed by atoms with Crippen LogP contribution in [0.3, 0.4) is 0 Å². The van der Waals surface area contributed by atoms with E-state index in [1.54, 1.807) is 36.4 Å². The fourth-order valence-corrected chi connectivity index (χ4v) is 4.83. The molecule has 0 heterocycles. The Kier molecular flexibility index (Phi) is 17.4. The molecule has 44 heavy (non-hydrogen) atoms. The van der Waals surface area contributed by atoms with Crippen LogP contribution in [0.4, 0.5) is 11.4 Å². The first-order valence-electron chi connectivity index (χ1n) is 16.9. The molecule has 0 aliphatic carbocycles. The van der Waals surface area contributed by atoms with Crippen LogP contribution in [0.15, 0.2) is 83.0 Å². The third kappa shape index (κ3) is 14.7. The van der Waals surface area contributed by atoms with Crippen LogP contribution >= 0.6 is 0 Å². The Balaban J connectivity index is 1.29. The van der Waals surface area contributed by atoms with E-state index in [0.717, 1.165) is 36.6 Å². The minimum Gasteiger partial charge on any atom is -0.494 e. The van der Waals surface area contributed by atoms with Gasteiger partial charge in [0.15, 0.2) is 0 Å². The molecule has 0 bridgehead atoms. The Labute approximate surface area is 265 Å². The molecule has 0 fully saturated rings. The highest BCUT2D eigenvalue weighted by Crippen LogP contribution is 2.24. The first-order chi connectivity index (χ1) is 21.7. The molecule has 0 aliphatic rings. The zero-order chi connectivity index (χ0) is 31.1. The zero-order valence-electron chi connectivity index (χ0n) is 27.0. The number of hydrogen-bond acceptors (Lipinski definition) is 6. The van der Waals surface area contributed by atoms with E-state index < -0.39 is 5.97 Å². The normalized spacial score (nSPS) is 11.1. The summed E-state index contributed by atoms with van der Waals surface area (Å²) in [6.45, 7) is 5.87. The summed E-state index contributed by atoms with van der Waals surface area (Å²) in [7, 11) is 0. The molecule has 0 atom stereocenters. The molecule has 6 heteroatoms. The first kappa shape index (κ1) is 34.8. The monoisotopic (exact) mass is 600 g/mol. The number of esters is 1. The van der Waals surface area contributed by atoms with Gasteiger partial charge in [-0.05, 0) is 85.6 Å². The van der Waals surface area contributed by atoms with Crippen molar-refractivity contribution in [3.8, 4) is 17.2 Å². The third-order valence-electron chi connectivity index (χ3n) is 7.54. The maximum atomic E-state index is 12.6. The molecule has 238 valence electrons. The number of nitrogens with zero attached hydrogens (tertiary/aromatic N) is 2. The Morgan fingerprint density at radius 2 is 0.841 bits per heavy atom. The predicted molar refractivity (Wildman–Crippen MR) is 180 cm³/mol. The number of carbonyl (C=O) groups excluding carboxylic acids is 1. The summed E-state index contributed by atoms with van der Waals surface area (Å²) in [6, 6.07) is 21.7. The number of rotatable bonds is 23. The van der Waals surface area contributed by atoms with Crippen molar-refractivity contribution in [2.75, 3.05) is 13.2 Å². The van der Waals surface area contributed by atoms with Crippen LogP contribution in [0.1, 0.15) is 121 Å². The SMILES string of the molecule is CCCCCCCCCCCCCCOc1ccc(C(=O)Oc2ccc(N=Nc3ccc(OCCCCC)cc3)cc2)cc1. The molecular formula is C38H52N2O4. The van der Waals surface area contributed by atoms with Crippen LogP contribution in [-0.4, -0.2) is 19.2 Å². The van der Waals surface area contributed by atoms with Crippen molar-refractivity contribution in [3.05, 3.63) is 78.4 Å². The Hall–Kier alpha value is -3.67. The van der Waals surface area contributed by atoms with Crippen LogP contribution in [-0.2, 0) is 0 Å². The fourth-order valence-electron chi connectivity index (χ4n) is 4.83. The second-order valence-electron chi connectivity index (χ2n) is 11.4. The summed E-state index contributed by atoms with van der Waals surface area (Å²) in [5.41, 5.74) is 1.88. The maximum absolute atomic E-state index is 12.6. The summed E-state index contributed by atoms with van der Waals surface area (Å²) >= 11 is 0. The van der Waals surface area contributed by atoms with Crippen molar-refractivity contribution in [2.24, 2.45) is 10.2 Å². The lowest BCUT2D eigenvalue weighted by molar-refractivity contribution is 0.0734. The molecule has 0 aliphatic heterocycles. The van der Waals surface area contributed by atoms with E-state index in [1.165, 1.54) is 83.5 Å². The van der Waals surface area contributed by atoms with Gasteiger partial charge >= 0.3 is 5.97 Å². The number of carbonyl (C=O) groups is 1. The summed E-state index contributed by atoms with van der Waals surface area (Å²) in [5.74, 6) is 1.64. The van der Waals surface area contributed by atoms with Gasteiger partial charge in [-0.15, -0.1) is 0 Å². The topological polar surface area (TPSA) is 69.5 Å². The van der Waals surface area contributed by atoms with E-state index in [4.69, 9.17) is 14.2 Å². The zero-order valence-corrected chi connectivity index (χ0v) is 27.0. The molecule has 0 saturated heterocycles. The van der Waals surface area contributed by atoms with Crippen LogP contribution in [0.5, 0.6) is 17.2 Å². The van der Waals surface area contributed by atoms with Crippen molar-refractivity contribution in [2.45, 2.75) is 110 Å². The molecule has 6 nitrogen and oxygen atoms in total. The van der Waals surface area contributed by atoms with Crippen molar-refractivity contribution >= 4 is 17.3 Å². The van der Waals surface area contributed by atoms with Gasteiger partial charge in [-0.25, -0.2) is 4.79 Å². The highest BCUT2D eigenvalue weighted by Gasteiger charge is 2.09. The van der Waals surface area contributed by atoms with E-state index >= 15 is 0 Å². The second-order valence-corrected chi connectivity index (χ2v) is 11.4. The van der Waals surface area contributed by atoms with Crippen molar-refractivity contribution < 1.29 is 19.0 Å². The van der Waals surface area contributed by atoms with Gasteiger partial charge in [-0.2, -0.15) is 10.2 Å². The van der Waals surface area contributed by atoms with E-state index in [0.29, 0.717) is 23.6 Å². The van der Waals surface area contributed by atoms with Crippen molar-refractivity contribution in [1.29, 1.82) is 0 Å². The molecular weight excluding hydrogens is 548 g/mol. The Bertz CT molecular complexity index is 1190. The minimum atomic E-state index is -0.413. The lowest BCUT2D eigenvalue weighted by Crippen LogP contribution is -2.08. The second kappa shape index (κ2) is 21.9. The predicted octanol–water partition coefficient (Wildman–Crippen LogP) is 12.0. The summed E-state index contributed by atoms with van der Waals surface area (Å²) in [4.78, 5) is 12.6. The van der Waals surface area contributed by atoms with Crippen molar-refractivity contribution in [3.63, 3.8) is 0 Å². The Morgan fingerprint density at radius 1 is 0.477 bits per heavy atom. The van der Waals surface area contributed by atoms with Crippen LogP contribution in [0.2, 0.25) is 0 Å². The van der Waals surface area contributed by atoms with Gasteiger partial charge in [-0.1, -0.05) is 97.3 Å². The van der Waals surface area contributed by atoms with E-state index in [1.807, 2.05) is 36.4 Å². The van der Waals surface area contributed by atoms with Gasteiger partial charge in [0.05, 0.1) is 30.2 Å². The average molecular weight is 601 g/mol. The fraction of sp³-hybridized carbons (Fsp3) is 0.500. The summed E-state index contributed by atoms with van der Waals surface area (Å²) in [5, 5.41) is 8.56. The molecule has 0 N–H and O–H groups in total. The molecule has 0 amide bonds. The van der Waals surface area contributed by atoms with Crippen LogP contribution in [0.25, 0.3) is 0 Å². The Morgan fingerprint density at radius 3 is 1.32 bits per heavy atom. The van der Waals surface area contributed by atoms with Gasteiger partial charge in [-0.3, -0.25) is 0 Å². The highest BCUT2D eigenvalue weighted by atomic mass is 16.5. The van der Waals surface area contributed by atoms with E-state index in [-0.39, 0.29) is 0 Å². The van der Waals surface area contributed by atoms with E-state index in [2.05, 4.69) is 24.1 Å². The molecule has 0 saturated carbocycles. The molecule has 0 radical (unpaired) electrons. The standard InChI is InChI=1S/C38H52N2O4/c1-3-5-7-8-9-10-11-12-13-14-15-17-31-43-35-24-18-32(19-25-35)38(41)44-37-28-22-34(23-29-37)40-39-33-20-26-36(27-21-33)42-30-16-6-4-2/h18-29H,3-17,30-31H2,1-2H3. The summed E-state index contributed by atoms with van der Waals surface area (Å²) in [6.07, 6.45) is 19.3. The summed E-state index contributed by atoms with van der Waals surface area (Å²) < 4.78 is 17.1.